The quantitative estimate of drug-likeness (QED) is 0.793. The van der Waals surface area contributed by atoms with Crippen LogP contribution in [0.15, 0.2) is 33.6 Å². The van der Waals surface area contributed by atoms with E-state index >= 15 is 0 Å². The van der Waals surface area contributed by atoms with Crippen LogP contribution < -0.4 is 5.32 Å². The Bertz CT molecular complexity index is 614. The summed E-state index contributed by atoms with van der Waals surface area (Å²) in [5.74, 6) is 0. The number of nitrogens with zero attached hydrogens (tertiary/aromatic N) is 2. The minimum atomic E-state index is -3.43. The van der Waals surface area contributed by atoms with Crippen LogP contribution in [0.25, 0.3) is 0 Å². The van der Waals surface area contributed by atoms with E-state index < -0.39 is 10.0 Å². The third-order valence-corrected chi connectivity index (χ3v) is 6.08. The van der Waals surface area contributed by atoms with E-state index in [1.165, 1.54) is 4.31 Å². The topological polar surface area (TPSA) is 52.6 Å². The molecule has 8 heteroatoms. The average Bonchev–Trinajstić information content (AvgIpc) is 2.47. The van der Waals surface area contributed by atoms with E-state index in [4.69, 9.17) is 12.2 Å². The zero-order valence-corrected chi connectivity index (χ0v) is 15.0. The fourth-order valence-electron chi connectivity index (χ4n) is 2.17. The molecular formula is C13H18BrN3O2S2. The molecule has 1 aliphatic rings. The lowest BCUT2D eigenvalue weighted by Gasteiger charge is -2.35. The second-order valence-electron chi connectivity index (χ2n) is 4.68. The molecule has 1 N–H and O–H groups in total. The van der Waals surface area contributed by atoms with Crippen molar-refractivity contribution in [3.8, 4) is 0 Å². The Morgan fingerprint density at radius 1 is 1.33 bits per heavy atom. The van der Waals surface area contributed by atoms with Crippen LogP contribution in [0, 0.1) is 0 Å². The first-order chi connectivity index (χ1) is 9.95. The summed E-state index contributed by atoms with van der Waals surface area (Å²) in [5.41, 5.74) is 0. The average molecular weight is 392 g/mol. The molecule has 1 aliphatic heterocycles. The van der Waals surface area contributed by atoms with Gasteiger partial charge in [-0.2, -0.15) is 4.31 Å². The highest BCUT2D eigenvalue weighted by atomic mass is 79.9. The predicted octanol–water partition coefficient (Wildman–Crippen LogP) is 1.65. The van der Waals surface area contributed by atoms with E-state index in [2.05, 4.69) is 21.2 Å². The Kier molecular flexibility index (Phi) is 5.59. The molecule has 1 fully saturated rings. The summed E-state index contributed by atoms with van der Waals surface area (Å²) >= 11 is 8.56. The standard InChI is InChI=1S/C13H18BrN3O2S2/c1-2-15-13(20)16-6-8-17(9-7-16)21(18,19)12-5-3-4-11(14)10-12/h3-5,10H,2,6-9H2,1H3,(H,15,20). The van der Waals surface area contributed by atoms with E-state index in [0.717, 1.165) is 11.0 Å². The summed E-state index contributed by atoms with van der Waals surface area (Å²) in [6.45, 7) is 4.87. The maximum absolute atomic E-state index is 12.6. The van der Waals surface area contributed by atoms with E-state index in [1.807, 2.05) is 17.9 Å². The first kappa shape index (κ1) is 16.7. The lowest BCUT2D eigenvalue weighted by atomic mass is 10.4. The van der Waals surface area contributed by atoms with Crippen molar-refractivity contribution in [3.63, 3.8) is 0 Å². The zero-order valence-electron chi connectivity index (χ0n) is 11.8. The van der Waals surface area contributed by atoms with E-state index in [1.54, 1.807) is 18.2 Å². The minimum Gasteiger partial charge on any atom is -0.363 e. The third kappa shape index (κ3) is 3.94. The van der Waals surface area contributed by atoms with E-state index in [0.29, 0.717) is 36.2 Å². The molecule has 0 atom stereocenters. The van der Waals surface area contributed by atoms with Gasteiger partial charge in [-0.3, -0.25) is 0 Å². The van der Waals surface area contributed by atoms with Gasteiger partial charge in [0.25, 0.3) is 0 Å². The Morgan fingerprint density at radius 3 is 2.57 bits per heavy atom. The van der Waals surface area contributed by atoms with Gasteiger partial charge in [-0.15, -0.1) is 0 Å². The molecule has 1 aromatic rings. The SMILES string of the molecule is CCNC(=S)N1CCN(S(=O)(=O)c2cccc(Br)c2)CC1. The van der Waals surface area contributed by atoms with Crippen LogP contribution in [0.5, 0.6) is 0 Å². The van der Waals surface area contributed by atoms with Crippen molar-refractivity contribution in [3.05, 3.63) is 28.7 Å². The maximum atomic E-state index is 12.6. The van der Waals surface area contributed by atoms with Gasteiger partial charge in [-0.25, -0.2) is 8.42 Å². The first-order valence-electron chi connectivity index (χ1n) is 6.73. The summed E-state index contributed by atoms with van der Waals surface area (Å²) in [6.07, 6.45) is 0. The van der Waals surface area contributed by atoms with Crippen molar-refractivity contribution < 1.29 is 8.42 Å². The van der Waals surface area contributed by atoms with E-state index in [-0.39, 0.29) is 0 Å². The minimum absolute atomic E-state index is 0.319. The molecule has 1 heterocycles. The van der Waals surface area contributed by atoms with Gasteiger partial charge >= 0.3 is 0 Å². The molecule has 1 saturated heterocycles. The molecule has 0 aliphatic carbocycles. The molecule has 0 amide bonds. The summed E-state index contributed by atoms with van der Waals surface area (Å²) in [6, 6.07) is 6.79. The maximum Gasteiger partial charge on any atom is 0.243 e. The fraction of sp³-hybridized carbons (Fsp3) is 0.462. The second-order valence-corrected chi connectivity index (χ2v) is 7.92. The van der Waals surface area contributed by atoms with Crippen molar-refractivity contribution in [2.45, 2.75) is 11.8 Å². The number of thiocarbonyl (C=S) groups is 1. The lowest BCUT2D eigenvalue weighted by molar-refractivity contribution is 0.264. The monoisotopic (exact) mass is 391 g/mol. The Labute approximate surface area is 139 Å². The normalized spacial score (nSPS) is 16.8. The molecule has 5 nitrogen and oxygen atoms in total. The number of rotatable bonds is 3. The smallest absolute Gasteiger partial charge is 0.243 e. The second kappa shape index (κ2) is 7.04. The van der Waals surface area contributed by atoms with E-state index in [9.17, 15) is 8.42 Å². The molecule has 116 valence electrons. The molecule has 21 heavy (non-hydrogen) atoms. The van der Waals surface area contributed by atoms with Crippen LogP contribution in [0.2, 0.25) is 0 Å². The van der Waals surface area contributed by atoms with Gasteiger partial charge in [0.2, 0.25) is 10.0 Å². The Hall–Kier alpha value is -0.700. The molecule has 0 bridgehead atoms. The van der Waals surface area contributed by atoms with Crippen molar-refractivity contribution in [1.29, 1.82) is 0 Å². The molecule has 2 rings (SSSR count). The van der Waals surface area contributed by atoms with Crippen molar-refractivity contribution in [2.24, 2.45) is 0 Å². The van der Waals surface area contributed by atoms with Crippen LogP contribution in [-0.2, 0) is 10.0 Å². The Balaban J connectivity index is 2.06. The summed E-state index contributed by atoms with van der Waals surface area (Å²) in [4.78, 5) is 2.32. The molecule has 0 radical (unpaired) electrons. The number of hydrogen-bond acceptors (Lipinski definition) is 3. The number of hydrogen-bond donors (Lipinski definition) is 1. The van der Waals surface area contributed by atoms with Crippen LogP contribution in [-0.4, -0.2) is 55.5 Å². The van der Waals surface area contributed by atoms with Gasteiger partial charge in [0, 0.05) is 37.2 Å². The number of piperazine rings is 1. The fourth-order valence-corrected chi connectivity index (χ4v) is 4.52. The van der Waals surface area contributed by atoms with Gasteiger partial charge < -0.3 is 10.2 Å². The lowest BCUT2D eigenvalue weighted by Crippen LogP contribution is -2.52. The largest absolute Gasteiger partial charge is 0.363 e. The number of nitrogens with one attached hydrogen (secondary N) is 1. The molecule has 0 saturated carbocycles. The van der Waals surface area contributed by atoms with Gasteiger partial charge in [-0.1, -0.05) is 22.0 Å². The molecule has 0 unspecified atom stereocenters. The molecule has 1 aromatic carbocycles. The summed E-state index contributed by atoms with van der Waals surface area (Å²) < 4.78 is 27.4. The first-order valence-corrected chi connectivity index (χ1v) is 9.37. The summed E-state index contributed by atoms with van der Waals surface area (Å²) in [5, 5.41) is 3.78. The van der Waals surface area contributed by atoms with Crippen LogP contribution in [0.1, 0.15) is 6.92 Å². The summed E-state index contributed by atoms with van der Waals surface area (Å²) in [7, 11) is -3.43. The molecule has 0 aromatic heterocycles. The molecule has 0 spiro atoms. The van der Waals surface area contributed by atoms with Crippen molar-refractivity contribution in [2.75, 3.05) is 32.7 Å². The number of halogens is 1. The number of benzene rings is 1. The van der Waals surface area contributed by atoms with Gasteiger partial charge in [-0.05, 0) is 37.3 Å². The van der Waals surface area contributed by atoms with Crippen LogP contribution in [0.4, 0.5) is 0 Å². The molecular weight excluding hydrogens is 374 g/mol. The van der Waals surface area contributed by atoms with Crippen molar-refractivity contribution in [1.82, 2.24) is 14.5 Å². The highest BCUT2D eigenvalue weighted by Gasteiger charge is 2.29. The third-order valence-electron chi connectivity index (χ3n) is 3.29. The highest BCUT2D eigenvalue weighted by Crippen LogP contribution is 2.21. The van der Waals surface area contributed by atoms with Crippen LogP contribution >= 0.6 is 28.1 Å². The van der Waals surface area contributed by atoms with Gasteiger partial charge in [0.05, 0.1) is 4.90 Å². The zero-order chi connectivity index (χ0) is 15.5. The van der Waals surface area contributed by atoms with Crippen molar-refractivity contribution >= 4 is 43.3 Å². The predicted molar refractivity (Wildman–Crippen MR) is 90.7 cm³/mol. The van der Waals surface area contributed by atoms with Gasteiger partial charge in [0.15, 0.2) is 5.11 Å². The highest BCUT2D eigenvalue weighted by molar-refractivity contribution is 9.10. The van der Waals surface area contributed by atoms with Crippen LogP contribution in [0.3, 0.4) is 0 Å². The van der Waals surface area contributed by atoms with Gasteiger partial charge in [0.1, 0.15) is 0 Å². The number of sulfonamides is 1. The Morgan fingerprint density at radius 2 is 2.00 bits per heavy atom.